The van der Waals surface area contributed by atoms with Crippen LogP contribution in [0.25, 0.3) is 11.4 Å². The molecule has 8 heteroatoms. The van der Waals surface area contributed by atoms with Crippen molar-refractivity contribution >= 4 is 11.9 Å². The molecule has 0 radical (unpaired) electrons. The highest BCUT2D eigenvalue weighted by atomic mass is 16.5. The van der Waals surface area contributed by atoms with E-state index >= 15 is 0 Å². The molecule has 0 spiro atoms. The average molecular weight is 299 g/mol. The predicted octanol–water partition coefficient (Wildman–Crippen LogP) is 1.57. The molecule has 22 heavy (non-hydrogen) atoms. The minimum atomic E-state index is -0.995. The normalized spacial score (nSPS) is 12.0. The first kappa shape index (κ1) is 13.8. The molecule has 0 aliphatic heterocycles. The molecule has 3 rings (SSSR count). The fourth-order valence-corrected chi connectivity index (χ4v) is 1.97. The van der Waals surface area contributed by atoms with E-state index in [0.717, 1.165) is 0 Å². The smallest absolute Gasteiger partial charge is 0.326 e. The highest BCUT2D eigenvalue weighted by molar-refractivity contribution is 5.77. The number of imidazole rings is 1. The van der Waals surface area contributed by atoms with Gasteiger partial charge in [0.15, 0.2) is 0 Å². The molecule has 0 bridgehead atoms. The maximum Gasteiger partial charge on any atom is 0.326 e. The van der Waals surface area contributed by atoms with Crippen LogP contribution in [0.1, 0.15) is 5.69 Å². The summed E-state index contributed by atoms with van der Waals surface area (Å²) in [6.07, 6.45) is 4.98. The fourth-order valence-electron chi connectivity index (χ4n) is 1.97. The molecule has 0 aromatic carbocycles. The van der Waals surface area contributed by atoms with E-state index in [9.17, 15) is 9.90 Å². The second kappa shape index (κ2) is 6.08. The van der Waals surface area contributed by atoms with E-state index in [1.165, 1.54) is 6.33 Å². The van der Waals surface area contributed by atoms with E-state index in [4.69, 9.17) is 4.52 Å². The van der Waals surface area contributed by atoms with Crippen molar-refractivity contribution < 1.29 is 14.4 Å². The topological polar surface area (TPSA) is 117 Å². The molecule has 0 aliphatic rings. The van der Waals surface area contributed by atoms with Crippen LogP contribution in [0.3, 0.4) is 0 Å². The summed E-state index contributed by atoms with van der Waals surface area (Å²) in [6, 6.07) is 6.19. The quantitative estimate of drug-likeness (QED) is 0.632. The van der Waals surface area contributed by atoms with Crippen LogP contribution in [0.2, 0.25) is 0 Å². The van der Waals surface area contributed by atoms with Gasteiger partial charge in [-0.25, -0.2) is 9.78 Å². The summed E-state index contributed by atoms with van der Waals surface area (Å²) in [7, 11) is 0. The van der Waals surface area contributed by atoms with Crippen LogP contribution in [0.4, 0.5) is 5.88 Å². The van der Waals surface area contributed by atoms with Gasteiger partial charge in [-0.3, -0.25) is 4.98 Å². The van der Waals surface area contributed by atoms with Crippen LogP contribution in [0.15, 0.2) is 47.5 Å². The molecule has 3 heterocycles. The van der Waals surface area contributed by atoms with Gasteiger partial charge >= 0.3 is 5.97 Å². The first-order valence-electron chi connectivity index (χ1n) is 6.57. The molecule has 3 aromatic rings. The van der Waals surface area contributed by atoms with Crippen molar-refractivity contribution in [2.75, 3.05) is 5.32 Å². The molecule has 3 aromatic heterocycles. The Morgan fingerprint density at radius 3 is 3.00 bits per heavy atom. The summed E-state index contributed by atoms with van der Waals surface area (Å²) in [5, 5.41) is 16.0. The summed E-state index contributed by atoms with van der Waals surface area (Å²) in [6.45, 7) is 0. The number of hydrogen-bond acceptors (Lipinski definition) is 6. The minimum Gasteiger partial charge on any atom is -0.480 e. The Morgan fingerprint density at radius 2 is 2.32 bits per heavy atom. The second-order valence-electron chi connectivity index (χ2n) is 4.61. The van der Waals surface area contributed by atoms with Gasteiger partial charge < -0.3 is 19.9 Å². The third kappa shape index (κ3) is 3.11. The molecule has 1 atom stereocenters. The Labute approximate surface area is 125 Å². The number of aromatic amines is 1. The van der Waals surface area contributed by atoms with Crippen LogP contribution < -0.4 is 5.32 Å². The number of hydrogen-bond donors (Lipinski definition) is 3. The molecule has 0 saturated heterocycles. The van der Waals surface area contributed by atoms with E-state index in [0.29, 0.717) is 17.1 Å². The van der Waals surface area contributed by atoms with E-state index in [-0.39, 0.29) is 12.3 Å². The SMILES string of the molecule is O=C(O)C(Cc1cnc[nH]1)Nc1cc(-c2ccccn2)no1. The number of aromatic nitrogens is 4. The number of nitrogens with zero attached hydrogens (tertiary/aromatic N) is 3. The summed E-state index contributed by atoms with van der Waals surface area (Å²) >= 11 is 0. The van der Waals surface area contributed by atoms with Crippen LogP contribution >= 0.6 is 0 Å². The lowest BCUT2D eigenvalue weighted by Gasteiger charge is -2.11. The highest BCUT2D eigenvalue weighted by Crippen LogP contribution is 2.20. The van der Waals surface area contributed by atoms with E-state index in [1.807, 2.05) is 6.07 Å². The Hall–Kier alpha value is -3.16. The molecule has 0 amide bonds. The lowest BCUT2D eigenvalue weighted by Crippen LogP contribution is -2.31. The zero-order valence-corrected chi connectivity index (χ0v) is 11.4. The van der Waals surface area contributed by atoms with Crippen LogP contribution in [-0.4, -0.2) is 37.2 Å². The van der Waals surface area contributed by atoms with Gasteiger partial charge in [-0.2, -0.15) is 0 Å². The largest absolute Gasteiger partial charge is 0.480 e. The van der Waals surface area contributed by atoms with Gasteiger partial charge in [-0.1, -0.05) is 11.2 Å². The second-order valence-corrected chi connectivity index (χ2v) is 4.61. The Morgan fingerprint density at radius 1 is 1.41 bits per heavy atom. The maximum absolute atomic E-state index is 11.3. The molecular formula is C14H13N5O3. The lowest BCUT2D eigenvalue weighted by molar-refractivity contribution is -0.137. The van der Waals surface area contributed by atoms with Gasteiger partial charge in [0, 0.05) is 30.6 Å². The minimum absolute atomic E-state index is 0.245. The zero-order valence-electron chi connectivity index (χ0n) is 11.4. The number of aliphatic carboxylic acids is 1. The maximum atomic E-state index is 11.3. The van der Waals surface area contributed by atoms with E-state index < -0.39 is 12.0 Å². The van der Waals surface area contributed by atoms with Gasteiger partial charge in [-0.05, 0) is 12.1 Å². The average Bonchev–Trinajstić information content (AvgIpc) is 3.19. The Kier molecular flexibility index (Phi) is 3.82. The molecule has 0 fully saturated rings. The standard InChI is InChI=1S/C14H13N5O3/c20-14(21)12(5-9-7-15-8-17-9)18-13-6-11(19-22-13)10-3-1-2-4-16-10/h1-4,6-8,12,18H,5H2,(H,15,17)(H,20,21). The summed E-state index contributed by atoms with van der Waals surface area (Å²) in [4.78, 5) is 22.2. The van der Waals surface area contributed by atoms with Crippen LogP contribution in [-0.2, 0) is 11.2 Å². The number of carboxylic acid groups (broad SMARTS) is 1. The summed E-state index contributed by atoms with van der Waals surface area (Å²) in [5.41, 5.74) is 1.90. The van der Waals surface area contributed by atoms with Crippen molar-refractivity contribution in [3.05, 3.63) is 48.7 Å². The van der Waals surface area contributed by atoms with Crippen molar-refractivity contribution in [2.45, 2.75) is 12.5 Å². The lowest BCUT2D eigenvalue weighted by atomic mass is 10.1. The van der Waals surface area contributed by atoms with Gasteiger partial charge in [0.2, 0.25) is 5.88 Å². The third-order valence-corrected chi connectivity index (χ3v) is 3.03. The van der Waals surface area contributed by atoms with Crippen molar-refractivity contribution in [1.82, 2.24) is 20.1 Å². The zero-order chi connectivity index (χ0) is 15.4. The van der Waals surface area contributed by atoms with Crippen molar-refractivity contribution in [3.8, 4) is 11.4 Å². The van der Waals surface area contributed by atoms with Crippen LogP contribution in [0, 0.1) is 0 Å². The number of rotatable bonds is 6. The Balaban J connectivity index is 1.73. The third-order valence-electron chi connectivity index (χ3n) is 3.03. The summed E-state index contributed by atoms with van der Waals surface area (Å²) < 4.78 is 5.13. The van der Waals surface area contributed by atoms with Crippen molar-refractivity contribution in [2.24, 2.45) is 0 Å². The highest BCUT2D eigenvalue weighted by Gasteiger charge is 2.20. The number of anilines is 1. The fraction of sp³-hybridized carbons (Fsp3) is 0.143. The molecule has 3 N–H and O–H groups in total. The van der Waals surface area contributed by atoms with Gasteiger partial charge in [0.05, 0.1) is 12.0 Å². The molecule has 1 unspecified atom stereocenters. The monoisotopic (exact) mass is 299 g/mol. The summed E-state index contributed by atoms with van der Waals surface area (Å²) in [5.74, 6) is -0.724. The molecule has 8 nitrogen and oxygen atoms in total. The van der Waals surface area contributed by atoms with Crippen molar-refractivity contribution in [3.63, 3.8) is 0 Å². The number of carboxylic acids is 1. The number of nitrogens with one attached hydrogen (secondary N) is 2. The number of H-pyrrole nitrogens is 1. The first-order valence-corrected chi connectivity index (χ1v) is 6.57. The molecule has 112 valence electrons. The molecule has 0 aliphatic carbocycles. The van der Waals surface area contributed by atoms with Gasteiger partial charge in [0.25, 0.3) is 0 Å². The van der Waals surface area contributed by atoms with E-state index in [2.05, 4.69) is 25.4 Å². The Bertz CT molecular complexity index is 739. The van der Waals surface area contributed by atoms with Gasteiger partial charge in [-0.15, -0.1) is 0 Å². The molecule has 0 saturated carbocycles. The first-order chi connectivity index (χ1) is 10.7. The van der Waals surface area contributed by atoms with Crippen LogP contribution in [0.5, 0.6) is 0 Å². The van der Waals surface area contributed by atoms with Crippen molar-refractivity contribution in [1.29, 1.82) is 0 Å². The van der Waals surface area contributed by atoms with Gasteiger partial charge in [0.1, 0.15) is 11.7 Å². The predicted molar refractivity (Wildman–Crippen MR) is 77.1 cm³/mol. The number of pyridine rings is 1. The molecular weight excluding hydrogens is 286 g/mol. The van der Waals surface area contributed by atoms with E-state index in [1.54, 1.807) is 30.6 Å². The number of carbonyl (C=O) groups is 1.